The number of hydrogen-bond acceptors (Lipinski definition) is 15. The molecule has 0 spiro atoms. The average Bonchev–Trinajstić information content (AvgIpc) is 3.89. The number of carbonyl (C=O) groups excluding carboxylic acids is 3. The Morgan fingerprint density at radius 2 is 1.47 bits per heavy atom. The van der Waals surface area contributed by atoms with E-state index in [0.717, 1.165) is 22.8 Å². The van der Waals surface area contributed by atoms with Gasteiger partial charge in [-0.25, -0.2) is 9.79 Å². The van der Waals surface area contributed by atoms with Crippen LogP contribution in [0.5, 0.6) is 0 Å². The number of amidine groups is 1. The third kappa shape index (κ3) is 14.8. The molecule has 0 aliphatic carbocycles. The number of benzene rings is 3. The number of imide groups is 1. The van der Waals surface area contributed by atoms with E-state index in [4.69, 9.17) is 21.4 Å². The van der Waals surface area contributed by atoms with Crippen LogP contribution in [0.2, 0.25) is 0 Å². The number of unbranched alkanes of at least 4 members (excludes halogenated alkanes) is 3. The van der Waals surface area contributed by atoms with Crippen LogP contribution >= 0.6 is 11.6 Å². The number of amides is 2. The van der Waals surface area contributed by atoms with Crippen molar-refractivity contribution in [1.29, 1.82) is 0 Å². The summed E-state index contributed by atoms with van der Waals surface area (Å²) in [4.78, 5) is 48.8. The summed E-state index contributed by atoms with van der Waals surface area (Å²) >= 11 is 6.63. The molecule has 0 saturated carbocycles. The molecule has 0 aromatic heterocycles. The van der Waals surface area contributed by atoms with Gasteiger partial charge in [-0.2, -0.15) is 33.7 Å². The van der Waals surface area contributed by atoms with Gasteiger partial charge in [-0.3, -0.25) is 27.8 Å². The van der Waals surface area contributed by atoms with Crippen LogP contribution in [-0.4, -0.2) is 116 Å². The third-order valence-corrected chi connectivity index (χ3v) is 17.3. The first-order valence-electron chi connectivity index (χ1n) is 24.3. The molecule has 1 atom stereocenters. The van der Waals surface area contributed by atoms with E-state index >= 15 is 0 Å². The summed E-state index contributed by atoms with van der Waals surface area (Å²) in [6, 6.07) is 11.9. The maximum absolute atomic E-state index is 12.8. The summed E-state index contributed by atoms with van der Waals surface area (Å²) in [6.45, 7) is 8.24. The summed E-state index contributed by atoms with van der Waals surface area (Å²) in [5, 5.41) is 1.05. The quantitative estimate of drug-likeness (QED) is 0.0343. The Labute approximate surface area is 477 Å². The Morgan fingerprint density at radius 1 is 0.818 bits per heavy atom. The number of rotatable bonds is 22. The van der Waals surface area contributed by atoms with Crippen LogP contribution in [0.1, 0.15) is 104 Å². The maximum Gasteiger partial charge on any atom is 1.00 e. The number of halogens is 1. The number of fused-ring (bicyclic) bond motifs is 4. The van der Waals surface area contributed by atoms with Gasteiger partial charge < -0.3 is 16.1 Å². The molecule has 20 nitrogen and oxygen atoms in total. The Morgan fingerprint density at radius 3 is 2.09 bits per heavy atom. The first-order valence-corrected chi connectivity index (χ1v) is 30.8. The molecule has 77 heavy (non-hydrogen) atoms. The van der Waals surface area contributed by atoms with Crippen LogP contribution < -0.4 is 34.5 Å². The minimum Gasteiger partial charge on any atom is -1.00 e. The molecule has 3 aromatic carbocycles. The third-order valence-electron chi connectivity index (χ3n) is 13.8. The molecule has 0 radical (unpaired) electrons. The van der Waals surface area contributed by atoms with E-state index in [2.05, 4.69) is 0 Å². The second-order valence-electron chi connectivity index (χ2n) is 20.1. The predicted molar refractivity (Wildman–Crippen MR) is 286 cm³/mol. The number of nitrogens with zero attached hydrogens (tertiary/aromatic N) is 4. The first-order chi connectivity index (χ1) is 35.3. The molecule has 26 heteroatoms. The van der Waals surface area contributed by atoms with Gasteiger partial charge in [-0.05, 0) is 103 Å². The van der Waals surface area contributed by atoms with Crippen molar-refractivity contribution >= 4 is 97.7 Å². The van der Waals surface area contributed by atoms with Gasteiger partial charge in [-0.15, -0.1) is 5.06 Å². The number of anilines is 1. The molecular weight excluding hydrogens is 1110 g/mol. The van der Waals surface area contributed by atoms with Gasteiger partial charge in [0.15, 0.2) is 0 Å². The van der Waals surface area contributed by atoms with E-state index in [0.29, 0.717) is 76.7 Å². The molecule has 0 bridgehead atoms. The van der Waals surface area contributed by atoms with Crippen molar-refractivity contribution in [3.05, 3.63) is 118 Å². The molecule has 1 fully saturated rings. The Hall–Kier alpha value is -4.57. The fourth-order valence-electron chi connectivity index (χ4n) is 9.99. The first kappa shape index (κ1) is 61.6. The SMILES string of the molecule is CC1(C)C(=CC=C(C=CC2N(CCCCS(=O)(=O)O)c3ccc4c(S(=O)(=O)O)cc(S(=O)(=O)O)cc4c3C2(C)C)c2cccc(CCCCC(=O)ON3C(=O)CCC3=O)c2)N=C2C1=CC(Cl)=CN2CCCCS(=O)(=O)O.[H-].[Na+]. The van der Waals surface area contributed by atoms with Gasteiger partial charge in [0.25, 0.3) is 52.3 Å². The van der Waals surface area contributed by atoms with E-state index in [1.807, 2.05) is 92.1 Å². The van der Waals surface area contributed by atoms with Gasteiger partial charge >= 0.3 is 35.5 Å². The molecule has 4 heterocycles. The summed E-state index contributed by atoms with van der Waals surface area (Å²) in [5.74, 6) is -2.15. The molecule has 4 aliphatic rings. The van der Waals surface area contributed by atoms with Gasteiger partial charge in [-0.1, -0.05) is 87.9 Å². The molecular formula is C51H60ClN4NaO16S4. The van der Waals surface area contributed by atoms with E-state index in [9.17, 15) is 66.3 Å². The Balaban J connectivity index is 0.00000560. The Bertz CT molecular complexity index is 3530. The van der Waals surface area contributed by atoms with Gasteiger partial charge in [0, 0.05) is 66.0 Å². The van der Waals surface area contributed by atoms with Crippen molar-refractivity contribution in [3.63, 3.8) is 0 Å². The molecule has 7 rings (SSSR count). The number of aliphatic imine (C=N–C) groups is 1. The van der Waals surface area contributed by atoms with Crippen LogP contribution in [0.3, 0.4) is 0 Å². The fraction of sp³-hybridized carbons (Fsp3) is 0.412. The van der Waals surface area contributed by atoms with E-state index < -0.39 is 96.4 Å². The number of hydrogen-bond donors (Lipinski definition) is 4. The monoisotopic (exact) mass is 1170 g/mol. The summed E-state index contributed by atoms with van der Waals surface area (Å²) in [7, 11) is -18.5. The summed E-state index contributed by atoms with van der Waals surface area (Å²) < 4.78 is 136. The number of hydroxylamine groups is 2. The zero-order valence-corrected chi connectivity index (χ0v) is 49.1. The standard InChI is InChI=1S/C51H59ClN4O16S4.Na.H/c1-50(2)40-29-36(52)32-54(24-7-9-26-73(60,61)62)49(40)53-43(50)20-16-34(35-14-11-13-33(28-35)12-5-6-15-47(59)72-56-45(57)22-23-46(56)58)17-21-44-51(3,4)48-39-30-37(75(66,67)68)31-42(76(69,70)71)38(39)18-19-41(48)55(44)25-8-10-27-74(63,64)65;;/h11,13-14,16-21,28-32,44H,5-10,12,15,22-27H2,1-4H3,(H,60,61,62)(H,63,64,65)(H,66,67,68)(H,69,70,71);;/q;+1;-1. The average molecular weight is 1170 g/mol. The Kier molecular flexibility index (Phi) is 19.2. The van der Waals surface area contributed by atoms with Gasteiger partial charge in [0.1, 0.15) is 10.7 Å². The minimum atomic E-state index is -5.04. The van der Waals surface area contributed by atoms with Crippen LogP contribution in [0, 0.1) is 5.41 Å². The van der Waals surface area contributed by atoms with Crippen molar-refractivity contribution in [1.82, 2.24) is 9.96 Å². The van der Waals surface area contributed by atoms with Crippen molar-refractivity contribution in [3.8, 4) is 0 Å². The van der Waals surface area contributed by atoms with Crippen LogP contribution in [-0.2, 0) is 71.5 Å². The van der Waals surface area contributed by atoms with Crippen molar-refractivity contribution < 1.29 is 102 Å². The maximum atomic E-state index is 12.8. The molecule has 412 valence electrons. The van der Waals surface area contributed by atoms with Crippen molar-refractivity contribution in [2.45, 2.75) is 113 Å². The smallest absolute Gasteiger partial charge is 1.00 e. The molecule has 1 saturated heterocycles. The number of carbonyl (C=O) groups is 3. The van der Waals surface area contributed by atoms with E-state index in [1.165, 1.54) is 6.07 Å². The topological polar surface area (TPSA) is 300 Å². The molecule has 4 aliphatic heterocycles. The van der Waals surface area contributed by atoms with E-state index in [-0.39, 0.29) is 86.8 Å². The number of aryl methyl sites for hydroxylation is 1. The van der Waals surface area contributed by atoms with Crippen molar-refractivity contribution in [2.75, 3.05) is 29.5 Å². The van der Waals surface area contributed by atoms with Gasteiger partial charge in [0.05, 0.1) is 33.2 Å². The van der Waals surface area contributed by atoms with Crippen LogP contribution in [0.25, 0.3) is 16.3 Å². The van der Waals surface area contributed by atoms with Crippen LogP contribution in [0.4, 0.5) is 5.69 Å². The van der Waals surface area contributed by atoms with E-state index in [1.54, 1.807) is 12.3 Å². The molecule has 4 N–H and O–H groups in total. The van der Waals surface area contributed by atoms with Crippen molar-refractivity contribution in [2.24, 2.45) is 10.4 Å². The summed E-state index contributed by atoms with van der Waals surface area (Å²) in [5.41, 5.74) is 3.06. The normalized spacial score (nSPS) is 19.2. The van der Waals surface area contributed by atoms with Gasteiger partial charge in [0.2, 0.25) is 0 Å². The zero-order chi connectivity index (χ0) is 55.8. The molecule has 3 aromatic rings. The van der Waals surface area contributed by atoms with Crippen LogP contribution in [0.15, 0.2) is 116 Å². The second-order valence-corrected chi connectivity index (χ2v) is 26.5. The second kappa shape index (κ2) is 24.0. The number of allylic oxidation sites excluding steroid dienone is 7. The zero-order valence-electron chi connectivity index (χ0n) is 44.0. The molecule has 1 unspecified atom stereocenters. The minimum absolute atomic E-state index is 0. The summed E-state index contributed by atoms with van der Waals surface area (Å²) in [6.07, 6.45) is 13.4. The largest absolute Gasteiger partial charge is 1.00 e. The predicted octanol–water partition coefficient (Wildman–Crippen LogP) is 4.86. The fourth-order valence-corrected chi connectivity index (χ4v) is 12.7. The molecule has 2 amide bonds.